The van der Waals surface area contributed by atoms with Gasteiger partial charge in [0.1, 0.15) is 11.3 Å². The van der Waals surface area contributed by atoms with Crippen molar-refractivity contribution >= 4 is 22.9 Å². The van der Waals surface area contributed by atoms with Gasteiger partial charge in [-0.1, -0.05) is 17.7 Å². The minimum absolute atomic E-state index is 0.00763. The zero-order chi connectivity index (χ0) is 25.1. The van der Waals surface area contributed by atoms with Crippen molar-refractivity contribution in [2.24, 2.45) is 5.92 Å². The zero-order valence-corrected chi connectivity index (χ0v) is 20.7. The summed E-state index contributed by atoms with van der Waals surface area (Å²) < 4.78 is 11.3. The summed E-state index contributed by atoms with van der Waals surface area (Å²) in [6.45, 7) is 5.31. The number of furan rings is 1. The minimum atomic E-state index is -0.00763. The van der Waals surface area contributed by atoms with Gasteiger partial charge in [0.2, 0.25) is 11.8 Å². The van der Waals surface area contributed by atoms with Gasteiger partial charge in [-0.15, -0.1) is 0 Å². The lowest BCUT2D eigenvalue weighted by Gasteiger charge is -2.32. The van der Waals surface area contributed by atoms with E-state index in [4.69, 9.17) is 8.83 Å². The third kappa shape index (κ3) is 5.51. The Balaban J connectivity index is 1.15. The molecule has 0 saturated carbocycles. The van der Waals surface area contributed by atoms with Crippen LogP contribution < -0.4 is 5.32 Å². The smallest absolute Gasteiger partial charge is 0.253 e. The molecule has 1 fully saturated rings. The molecular weight excluding hydrogens is 454 g/mol. The summed E-state index contributed by atoms with van der Waals surface area (Å²) in [7, 11) is 0. The van der Waals surface area contributed by atoms with Crippen molar-refractivity contribution in [2.75, 3.05) is 13.1 Å². The van der Waals surface area contributed by atoms with Crippen molar-refractivity contribution < 1.29 is 18.4 Å². The molecule has 1 aliphatic heterocycles. The van der Waals surface area contributed by atoms with Gasteiger partial charge in [0, 0.05) is 43.1 Å². The molecule has 2 aromatic carbocycles. The summed E-state index contributed by atoms with van der Waals surface area (Å²) in [5.41, 5.74) is 4.02. The van der Waals surface area contributed by atoms with E-state index in [2.05, 4.69) is 10.3 Å². The van der Waals surface area contributed by atoms with Crippen molar-refractivity contribution in [3.05, 3.63) is 77.7 Å². The number of piperidine rings is 1. The second kappa shape index (κ2) is 10.4. The summed E-state index contributed by atoms with van der Waals surface area (Å²) >= 11 is 0. The molecule has 7 nitrogen and oxygen atoms in total. The molecule has 36 heavy (non-hydrogen) atoms. The standard InChI is InChI=1S/C29H31N3O4/c1-19-5-7-22(8-6-19)28-31-25-18-23(9-10-26(25)36-28)29(34)32-13-11-21(12-14-32)17-27(33)30-20(2)16-24-4-3-15-35-24/h3-10,15,18,20-21H,11-14,16-17H2,1-2H3,(H,30,33)/t20-/m0/s1. The van der Waals surface area contributed by atoms with Gasteiger partial charge < -0.3 is 19.1 Å². The van der Waals surface area contributed by atoms with Gasteiger partial charge in [-0.2, -0.15) is 0 Å². The van der Waals surface area contributed by atoms with Crippen molar-refractivity contribution in [3.8, 4) is 11.5 Å². The van der Waals surface area contributed by atoms with Crippen LogP contribution in [0.2, 0.25) is 0 Å². The first-order valence-electron chi connectivity index (χ1n) is 12.5. The van der Waals surface area contributed by atoms with Crippen LogP contribution in [0, 0.1) is 12.8 Å². The highest BCUT2D eigenvalue weighted by molar-refractivity contribution is 5.97. The van der Waals surface area contributed by atoms with Crippen LogP contribution in [0.1, 0.15) is 47.9 Å². The van der Waals surface area contributed by atoms with E-state index in [0.717, 1.165) is 24.2 Å². The Kier molecular flexibility index (Phi) is 6.89. The number of nitrogens with zero attached hydrogens (tertiary/aromatic N) is 2. The average Bonchev–Trinajstić information content (AvgIpc) is 3.53. The maximum atomic E-state index is 13.2. The van der Waals surface area contributed by atoms with E-state index >= 15 is 0 Å². The van der Waals surface area contributed by atoms with Crippen LogP contribution in [0.15, 0.2) is 69.7 Å². The Morgan fingerprint density at radius 3 is 2.61 bits per heavy atom. The fourth-order valence-corrected chi connectivity index (χ4v) is 4.78. The van der Waals surface area contributed by atoms with Crippen molar-refractivity contribution in [1.29, 1.82) is 0 Å². The number of rotatable bonds is 7. The quantitative estimate of drug-likeness (QED) is 0.379. The average molecular weight is 486 g/mol. The number of fused-ring (bicyclic) bond motifs is 1. The van der Waals surface area contributed by atoms with Crippen LogP contribution in [-0.4, -0.2) is 40.8 Å². The highest BCUT2D eigenvalue weighted by atomic mass is 16.3. The van der Waals surface area contributed by atoms with Gasteiger partial charge >= 0.3 is 0 Å². The number of hydrogen-bond donors (Lipinski definition) is 1. The highest BCUT2D eigenvalue weighted by Gasteiger charge is 2.26. The van der Waals surface area contributed by atoms with Gasteiger partial charge in [-0.25, -0.2) is 4.98 Å². The van der Waals surface area contributed by atoms with Crippen molar-refractivity contribution in [2.45, 2.75) is 45.6 Å². The molecule has 186 valence electrons. The molecule has 0 aliphatic carbocycles. The van der Waals surface area contributed by atoms with E-state index < -0.39 is 0 Å². The zero-order valence-electron chi connectivity index (χ0n) is 20.7. The number of carbonyl (C=O) groups is 2. The Morgan fingerprint density at radius 1 is 1.11 bits per heavy atom. The van der Waals surface area contributed by atoms with Gasteiger partial charge in [-0.05, 0) is 75.1 Å². The lowest BCUT2D eigenvalue weighted by atomic mass is 9.92. The lowest BCUT2D eigenvalue weighted by Crippen LogP contribution is -2.40. The predicted molar refractivity (Wildman–Crippen MR) is 137 cm³/mol. The molecule has 1 aliphatic rings. The largest absolute Gasteiger partial charge is 0.469 e. The van der Waals surface area contributed by atoms with Crippen LogP contribution in [0.5, 0.6) is 0 Å². The lowest BCUT2D eigenvalue weighted by molar-refractivity contribution is -0.122. The second-order valence-electron chi connectivity index (χ2n) is 9.76. The topological polar surface area (TPSA) is 88.6 Å². The molecule has 2 amide bonds. The predicted octanol–water partition coefficient (Wildman–Crippen LogP) is 5.39. The summed E-state index contributed by atoms with van der Waals surface area (Å²) in [6.07, 6.45) is 4.43. The van der Waals surface area contributed by atoms with Crippen molar-refractivity contribution in [1.82, 2.24) is 15.2 Å². The molecule has 3 heterocycles. The van der Waals surface area contributed by atoms with E-state index in [1.807, 2.05) is 61.2 Å². The fraction of sp³-hybridized carbons (Fsp3) is 0.345. The van der Waals surface area contributed by atoms with Crippen LogP contribution in [0.3, 0.4) is 0 Å². The Bertz CT molecular complexity index is 1330. The number of benzene rings is 2. The molecule has 7 heteroatoms. The number of amides is 2. The molecule has 1 saturated heterocycles. The normalized spacial score (nSPS) is 15.2. The number of nitrogens with one attached hydrogen (secondary N) is 1. The SMILES string of the molecule is Cc1ccc(-c2nc3cc(C(=O)N4CCC(CC(=O)N[C@@H](C)Cc5ccco5)CC4)ccc3o2)cc1. The Morgan fingerprint density at radius 2 is 1.89 bits per heavy atom. The second-order valence-corrected chi connectivity index (χ2v) is 9.76. The summed E-state index contributed by atoms with van der Waals surface area (Å²) in [5.74, 6) is 1.74. The number of aryl methyl sites for hydroxylation is 1. The third-order valence-electron chi connectivity index (χ3n) is 6.80. The number of oxazole rings is 1. The van der Waals surface area contributed by atoms with Gasteiger partial charge in [0.15, 0.2) is 5.58 Å². The van der Waals surface area contributed by atoms with E-state index in [1.54, 1.807) is 18.4 Å². The molecular formula is C29H31N3O4. The molecule has 5 rings (SSSR count). The number of likely N-dealkylation sites (tertiary alicyclic amines) is 1. The molecule has 0 unspecified atom stereocenters. The van der Waals surface area contributed by atoms with Gasteiger partial charge in [0.05, 0.1) is 6.26 Å². The minimum Gasteiger partial charge on any atom is -0.469 e. The molecule has 4 aromatic rings. The monoisotopic (exact) mass is 485 g/mol. The Hall–Kier alpha value is -3.87. The van der Waals surface area contributed by atoms with Crippen LogP contribution >= 0.6 is 0 Å². The maximum Gasteiger partial charge on any atom is 0.253 e. The Labute approximate surface area is 210 Å². The molecule has 0 bridgehead atoms. The molecule has 1 atom stereocenters. The summed E-state index contributed by atoms with van der Waals surface area (Å²) in [6, 6.07) is 17.2. The van der Waals surface area contributed by atoms with Gasteiger partial charge in [-0.3, -0.25) is 9.59 Å². The van der Waals surface area contributed by atoms with E-state index in [1.165, 1.54) is 5.56 Å². The number of aromatic nitrogens is 1. The van der Waals surface area contributed by atoms with E-state index in [0.29, 0.717) is 48.5 Å². The number of carbonyl (C=O) groups excluding carboxylic acids is 2. The fourth-order valence-electron chi connectivity index (χ4n) is 4.78. The van der Waals surface area contributed by atoms with Crippen LogP contribution in [0.4, 0.5) is 0 Å². The summed E-state index contributed by atoms with van der Waals surface area (Å²) in [5, 5.41) is 3.06. The van der Waals surface area contributed by atoms with Crippen LogP contribution in [0.25, 0.3) is 22.6 Å². The molecule has 0 radical (unpaired) electrons. The van der Waals surface area contributed by atoms with E-state index in [-0.39, 0.29) is 23.8 Å². The van der Waals surface area contributed by atoms with Crippen LogP contribution in [-0.2, 0) is 11.2 Å². The summed E-state index contributed by atoms with van der Waals surface area (Å²) in [4.78, 5) is 32.1. The molecule has 1 N–H and O–H groups in total. The van der Waals surface area contributed by atoms with E-state index in [9.17, 15) is 9.59 Å². The maximum absolute atomic E-state index is 13.2. The number of hydrogen-bond acceptors (Lipinski definition) is 5. The first kappa shape index (κ1) is 23.9. The highest BCUT2D eigenvalue weighted by Crippen LogP contribution is 2.27. The first-order valence-corrected chi connectivity index (χ1v) is 12.5. The third-order valence-corrected chi connectivity index (χ3v) is 6.80. The first-order chi connectivity index (χ1) is 17.4. The van der Waals surface area contributed by atoms with Crippen molar-refractivity contribution in [3.63, 3.8) is 0 Å². The molecule has 2 aromatic heterocycles. The van der Waals surface area contributed by atoms with Gasteiger partial charge in [0.25, 0.3) is 5.91 Å². The molecule has 0 spiro atoms.